The van der Waals surface area contributed by atoms with Gasteiger partial charge in [-0.25, -0.2) is 0 Å². The summed E-state index contributed by atoms with van der Waals surface area (Å²) in [5.41, 5.74) is 0. The molecule has 21 heavy (non-hydrogen) atoms. The van der Waals surface area contributed by atoms with Gasteiger partial charge in [0, 0.05) is 7.11 Å². The van der Waals surface area contributed by atoms with Crippen LogP contribution in [0.5, 0.6) is 0 Å². The molecule has 5 atom stereocenters. The van der Waals surface area contributed by atoms with Gasteiger partial charge in [-0.3, -0.25) is 0 Å². The van der Waals surface area contributed by atoms with Crippen LogP contribution in [-0.2, 0) is 28.2 Å². The van der Waals surface area contributed by atoms with E-state index in [0.717, 1.165) is 0 Å². The van der Waals surface area contributed by atoms with Crippen molar-refractivity contribution in [1.82, 2.24) is 0 Å². The molecule has 2 saturated heterocycles. The van der Waals surface area contributed by atoms with Crippen LogP contribution >= 0.6 is 7.14 Å². The summed E-state index contributed by atoms with van der Waals surface area (Å²) in [6.07, 6.45) is -1.53. The minimum atomic E-state index is -2.54. The van der Waals surface area contributed by atoms with Crippen molar-refractivity contribution < 1.29 is 33.4 Å². The van der Waals surface area contributed by atoms with Gasteiger partial charge in [-0.15, -0.1) is 0 Å². The molecule has 1 N–H and O–H groups in total. The van der Waals surface area contributed by atoms with Crippen LogP contribution in [0.15, 0.2) is 0 Å². The highest BCUT2D eigenvalue weighted by molar-refractivity contribution is 7.62. The monoisotopic (exact) mass is 324 g/mol. The first-order valence-electron chi connectivity index (χ1n) is 6.99. The van der Waals surface area contributed by atoms with E-state index in [0.29, 0.717) is 0 Å². The van der Waals surface area contributed by atoms with Crippen molar-refractivity contribution in [3.63, 3.8) is 0 Å². The van der Waals surface area contributed by atoms with Crippen molar-refractivity contribution in [2.75, 3.05) is 33.7 Å². The topological polar surface area (TPSA) is 83.5 Å². The highest BCUT2D eigenvalue weighted by Crippen LogP contribution is 2.44. The van der Waals surface area contributed by atoms with Crippen molar-refractivity contribution in [1.29, 1.82) is 0 Å². The maximum absolute atomic E-state index is 12.0. The van der Waals surface area contributed by atoms with Gasteiger partial charge in [0.15, 0.2) is 12.1 Å². The van der Waals surface area contributed by atoms with Gasteiger partial charge in [-0.1, -0.05) is 0 Å². The zero-order valence-corrected chi connectivity index (χ0v) is 14.0. The van der Waals surface area contributed by atoms with Crippen molar-refractivity contribution in [3.05, 3.63) is 0 Å². The lowest BCUT2D eigenvalue weighted by atomic mass is 10.1. The van der Waals surface area contributed by atoms with Crippen molar-refractivity contribution in [2.45, 2.75) is 50.1 Å². The predicted octanol–water partition coefficient (Wildman–Crippen LogP) is 0.835. The Morgan fingerprint density at radius 3 is 2.43 bits per heavy atom. The van der Waals surface area contributed by atoms with Crippen molar-refractivity contribution in [3.8, 4) is 0 Å². The lowest BCUT2D eigenvalue weighted by molar-refractivity contribution is -0.232. The molecular formula is C13H25O7P. The highest BCUT2D eigenvalue weighted by atomic mass is 31.2. The Morgan fingerprint density at radius 1 is 1.29 bits per heavy atom. The van der Waals surface area contributed by atoms with Crippen LogP contribution in [0.4, 0.5) is 0 Å². The summed E-state index contributed by atoms with van der Waals surface area (Å²) < 4.78 is 40.2. The normalized spacial score (nSPS) is 36.7. The molecule has 2 heterocycles. The molecule has 0 aromatic carbocycles. The number of hydrogen-bond donors (Lipinski definition) is 1. The van der Waals surface area contributed by atoms with Crippen LogP contribution in [0.3, 0.4) is 0 Å². The first-order chi connectivity index (χ1) is 9.68. The first kappa shape index (κ1) is 17.3. The zero-order chi connectivity index (χ0) is 15.8. The number of rotatable bonds is 6. The van der Waals surface area contributed by atoms with E-state index in [2.05, 4.69) is 0 Å². The predicted molar refractivity (Wildman–Crippen MR) is 75.8 cm³/mol. The second-order valence-electron chi connectivity index (χ2n) is 6.25. The van der Waals surface area contributed by atoms with E-state index >= 15 is 0 Å². The van der Waals surface area contributed by atoms with Crippen LogP contribution in [0.25, 0.3) is 0 Å². The van der Waals surface area contributed by atoms with Gasteiger partial charge in [0.1, 0.15) is 31.3 Å². The average molecular weight is 324 g/mol. The molecule has 0 bridgehead atoms. The SMILES string of the molecule is COC1O[C@H](COC(CO)P(C)(C)=O)[C@H]2OC(C)(C)O[C@@H]12. The van der Waals surface area contributed by atoms with Gasteiger partial charge >= 0.3 is 0 Å². The Hall–Kier alpha value is -0.0100. The fourth-order valence-corrected chi connectivity index (χ4v) is 3.44. The third kappa shape index (κ3) is 3.85. The average Bonchev–Trinajstić information content (AvgIpc) is 2.82. The van der Waals surface area contributed by atoms with Gasteiger partial charge in [-0.05, 0) is 27.2 Å². The maximum atomic E-state index is 12.0. The van der Waals surface area contributed by atoms with Crippen LogP contribution in [-0.4, -0.2) is 75.0 Å². The molecule has 2 rings (SSSR count). The number of aliphatic hydroxyl groups excluding tert-OH is 1. The second kappa shape index (κ2) is 6.24. The molecule has 2 unspecified atom stereocenters. The van der Waals surface area contributed by atoms with Gasteiger partial charge in [0.25, 0.3) is 0 Å². The Balaban J connectivity index is 1.99. The summed E-state index contributed by atoms with van der Waals surface area (Å²) in [6.45, 7) is 6.71. The molecule has 7 nitrogen and oxygen atoms in total. The molecule has 2 fully saturated rings. The van der Waals surface area contributed by atoms with Crippen LogP contribution < -0.4 is 0 Å². The standard InChI is InChI=1S/C13H25O7P/c1-13(2)19-10-8(18-12(16-3)11(10)20-13)7-17-9(6-14)21(4,5)15/h8-12,14H,6-7H2,1-5H3/t8-,9?,10-,11-,12?/m1/s1. The van der Waals surface area contributed by atoms with Crippen LogP contribution in [0.1, 0.15) is 13.8 Å². The lowest BCUT2D eigenvalue weighted by Gasteiger charge is -2.25. The largest absolute Gasteiger partial charge is 0.393 e. The van der Waals surface area contributed by atoms with E-state index in [1.54, 1.807) is 20.4 Å². The molecule has 0 aromatic heterocycles. The number of methoxy groups -OCH3 is 1. The summed E-state index contributed by atoms with van der Waals surface area (Å²) in [5, 5.41) is 9.29. The second-order valence-corrected chi connectivity index (χ2v) is 9.69. The molecular weight excluding hydrogens is 299 g/mol. The summed E-state index contributed by atoms with van der Waals surface area (Å²) >= 11 is 0. The molecule has 2 aliphatic heterocycles. The Morgan fingerprint density at radius 2 is 1.90 bits per heavy atom. The lowest BCUT2D eigenvalue weighted by Crippen LogP contribution is -2.34. The first-order valence-corrected chi connectivity index (χ1v) is 9.66. The summed E-state index contributed by atoms with van der Waals surface area (Å²) in [5.74, 6) is -1.40. The van der Waals surface area contributed by atoms with E-state index in [4.69, 9.17) is 23.7 Å². The van der Waals surface area contributed by atoms with Gasteiger partial charge in [0.2, 0.25) is 0 Å². The van der Waals surface area contributed by atoms with Gasteiger partial charge < -0.3 is 33.4 Å². The quantitative estimate of drug-likeness (QED) is 0.725. The molecule has 0 aliphatic carbocycles. The zero-order valence-electron chi connectivity index (χ0n) is 13.1. The van der Waals surface area contributed by atoms with Crippen LogP contribution in [0.2, 0.25) is 0 Å². The fraction of sp³-hybridized carbons (Fsp3) is 1.00. The summed E-state index contributed by atoms with van der Waals surface area (Å²) in [6, 6.07) is 0. The molecule has 0 aromatic rings. The number of aliphatic hydroxyl groups is 1. The summed E-state index contributed by atoms with van der Waals surface area (Å²) in [7, 11) is -0.995. The van der Waals surface area contributed by atoms with Crippen LogP contribution in [0, 0.1) is 0 Å². The minimum absolute atomic E-state index is 0.164. The van der Waals surface area contributed by atoms with Gasteiger partial charge in [-0.2, -0.15) is 0 Å². The van der Waals surface area contributed by atoms with Crippen molar-refractivity contribution in [2.24, 2.45) is 0 Å². The number of fused-ring (bicyclic) bond motifs is 1. The molecule has 8 heteroatoms. The third-order valence-electron chi connectivity index (χ3n) is 3.64. The van der Waals surface area contributed by atoms with E-state index in [9.17, 15) is 9.67 Å². The van der Waals surface area contributed by atoms with E-state index in [1.165, 1.54) is 0 Å². The molecule has 0 spiro atoms. The molecule has 2 aliphatic rings. The van der Waals surface area contributed by atoms with E-state index < -0.39 is 25.1 Å². The fourth-order valence-electron chi connectivity index (χ4n) is 2.60. The maximum Gasteiger partial charge on any atom is 0.186 e. The Kier molecular flexibility index (Phi) is 5.15. The Bertz CT molecular complexity index is 407. The Labute approximate surface area is 125 Å². The highest BCUT2D eigenvalue weighted by Gasteiger charge is 2.55. The third-order valence-corrected chi connectivity index (χ3v) is 5.34. The van der Waals surface area contributed by atoms with Gasteiger partial charge in [0.05, 0.1) is 13.2 Å². The molecule has 0 radical (unpaired) electrons. The molecule has 124 valence electrons. The molecule has 0 saturated carbocycles. The number of ether oxygens (including phenoxy) is 5. The minimum Gasteiger partial charge on any atom is -0.393 e. The van der Waals surface area contributed by atoms with Crippen molar-refractivity contribution >= 4 is 7.14 Å². The van der Waals surface area contributed by atoms with E-state index in [1.807, 2.05) is 13.8 Å². The smallest absolute Gasteiger partial charge is 0.186 e. The number of hydrogen-bond acceptors (Lipinski definition) is 7. The summed E-state index contributed by atoms with van der Waals surface area (Å²) in [4.78, 5) is 0. The molecule has 0 amide bonds. The van der Waals surface area contributed by atoms with E-state index in [-0.39, 0.29) is 31.5 Å².